The average Bonchev–Trinajstić information content (AvgIpc) is 2.97. The topological polar surface area (TPSA) is 81.2 Å². The quantitative estimate of drug-likeness (QED) is 0.822. The van der Waals surface area contributed by atoms with Gasteiger partial charge in [0, 0.05) is 24.7 Å². The van der Waals surface area contributed by atoms with Crippen LogP contribution in [0.25, 0.3) is 0 Å². The lowest BCUT2D eigenvalue weighted by Gasteiger charge is -2.14. The summed E-state index contributed by atoms with van der Waals surface area (Å²) in [6, 6.07) is 7.39. The van der Waals surface area contributed by atoms with E-state index in [4.69, 9.17) is 10.2 Å². The van der Waals surface area contributed by atoms with Crippen LogP contribution in [-0.2, 0) is 11.3 Å². The average molecular weight is 259 g/mol. The van der Waals surface area contributed by atoms with Crippen LogP contribution >= 0.6 is 0 Å². The molecular weight excluding hydrogens is 242 g/mol. The second kappa shape index (κ2) is 6.70. The van der Waals surface area contributed by atoms with Crippen LogP contribution in [0, 0.1) is 0 Å². The molecule has 0 radical (unpaired) electrons. The molecule has 2 aromatic rings. The molecule has 2 rings (SSSR count). The Bertz CT molecular complexity index is 497. The lowest BCUT2D eigenvalue weighted by Crippen LogP contribution is -2.26. The smallest absolute Gasteiger partial charge is 0.221 e. The molecule has 1 atom stereocenters. The Hall–Kier alpha value is -2.14. The van der Waals surface area contributed by atoms with E-state index in [0.717, 1.165) is 11.3 Å². The van der Waals surface area contributed by atoms with Crippen LogP contribution in [0.2, 0.25) is 0 Å². The van der Waals surface area contributed by atoms with E-state index in [-0.39, 0.29) is 11.8 Å². The van der Waals surface area contributed by atoms with Gasteiger partial charge >= 0.3 is 0 Å². The van der Waals surface area contributed by atoms with E-state index >= 15 is 0 Å². The van der Waals surface area contributed by atoms with Gasteiger partial charge in [0.15, 0.2) is 0 Å². The number of rotatable bonds is 6. The zero-order valence-corrected chi connectivity index (χ0v) is 10.6. The number of nitrogens with zero attached hydrogens (tertiary/aromatic N) is 1. The number of nitrogens with one attached hydrogen (secondary N) is 1. The van der Waals surface area contributed by atoms with Crippen molar-refractivity contribution in [2.45, 2.75) is 18.9 Å². The van der Waals surface area contributed by atoms with Gasteiger partial charge in [-0.1, -0.05) is 6.07 Å². The van der Waals surface area contributed by atoms with Crippen LogP contribution in [0.1, 0.15) is 23.7 Å². The molecule has 0 aliphatic heterocycles. The maximum Gasteiger partial charge on any atom is 0.221 e. The van der Waals surface area contributed by atoms with Crippen molar-refractivity contribution in [1.29, 1.82) is 0 Å². The fraction of sp³-hybridized carbons (Fsp3) is 0.286. The fourth-order valence-corrected chi connectivity index (χ4v) is 1.85. The van der Waals surface area contributed by atoms with Gasteiger partial charge in [-0.3, -0.25) is 9.78 Å². The van der Waals surface area contributed by atoms with E-state index in [0.29, 0.717) is 19.5 Å². The molecule has 1 amide bonds. The van der Waals surface area contributed by atoms with Gasteiger partial charge in [0.25, 0.3) is 0 Å². The number of aromatic nitrogens is 1. The number of carbonyl (C=O) groups is 1. The maximum atomic E-state index is 11.9. The Morgan fingerprint density at radius 1 is 1.42 bits per heavy atom. The van der Waals surface area contributed by atoms with Gasteiger partial charge in [0.05, 0.1) is 12.8 Å². The molecule has 0 saturated heterocycles. The highest BCUT2D eigenvalue weighted by molar-refractivity contribution is 5.76. The van der Waals surface area contributed by atoms with Crippen molar-refractivity contribution in [3.8, 4) is 0 Å². The second-order valence-electron chi connectivity index (χ2n) is 4.28. The zero-order chi connectivity index (χ0) is 13.5. The Morgan fingerprint density at radius 3 is 2.95 bits per heavy atom. The van der Waals surface area contributed by atoms with E-state index < -0.39 is 0 Å². The molecule has 0 aromatic carbocycles. The summed E-state index contributed by atoms with van der Waals surface area (Å²) in [6.45, 7) is 0.816. The first kappa shape index (κ1) is 13.3. The van der Waals surface area contributed by atoms with Crippen molar-refractivity contribution in [2.24, 2.45) is 5.73 Å². The third-order valence-corrected chi connectivity index (χ3v) is 2.91. The summed E-state index contributed by atoms with van der Waals surface area (Å²) in [6.07, 6.45) is 5.38. The Balaban J connectivity index is 1.86. The van der Waals surface area contributed by atoms with E-state index in [2.05, 4.69) is 10.3 Å². The number of amides is 1. The number of carbonyl (C=O) groups excluding carboxylic acids is 1. The summed E-state index contributed by atoms with van der Waals surface area (Å²) in [5.74, 6) is 0.681. The molecule has 0 aliphatic rings. The first-order valence-electron chi connectivity index (χ1n) is 6.18. The monoisotopic (exact) mass is 259 g/mol. The van der Waals surface area contributed by atoms with Gasteiger partial charge in [-0.2, -0.15) is 0 Å². The zero-order valence-electron chi connectivity index (χ0n) is 10.6. The first-order valence-corrected chi connectivity index (χ1v) is 6.18. The van der Waals surface area contributed by atoms with Crippen molar-refractivity contribution in [3.05, 3.63) is 54.2 Å². The Morgan fingerprint density at radius 2 is 2.32 bits per heavy atom. The number of hydrogen-bond donors (Lipinski definition) is 2. The lowest BCUT2D eigenvalue weighted by atomic mass is 9.97. The van der Waals surface area contributed by atoms with Gasteiger partial charge in [0.1, 0.15) is 5.76 Å². The minimum absolute atomic E-state index is 0.00898. The summed E-state index contributed by atoms with van der Waals surface area (Å²) >= 11 is 0. The van der Waals surface area contributed by atoms with Crippen molar-refractivity contribution in [2.75, 3.05) is 6.54 Å². The molecule has 0 saturated carbocycles. The van der Waals surface area contributed by atoms with Gasteiger partial charge in [0.2, 0.25) is 5.91 Å². The third kappa shape index (κ3) is 3.93. The van der Waals surface area contributed by atoms with Crippen LogP contribution in [0.4, 0.5) is 0 Å². The molecule has 1 unspecified atom stereocenters. The SMILES string of the molecule is NCC(CC(=O)NCc1ccco1)c1cccnc1. The van der Waals surface area contributed by atoms with Crippen LogP contribution in [-0.4, -0.2) is 17.4 Å². The van der Waals surface area contributed by atoms with Crippen LogP contribution < -0.4 is 11.1 Å². The highest BCUT2D eigenvalue weighted by atomic mass is 16.3. The molecule has 2 aromatic heterocycles. The minimum atomic E-state index is -0.0456. The number of nitrogens with two attached hydrogens (primary N) is 1. The normalized spacial score (nSPS) is 12.1. The summed E-state index contributed by atoms with van der Waals surface area (Å²) in [4.78, 5) is 15.9. The van der Waals surface area contributed by atoms with Gasteiger partial charge in [-0.05, 0) is 30.3 Å². The molecule has 100 valence electrons. The molecule has 2 heterocycles. The highest BCUT2D eigenvalue weighted by Crippen LogP contribution is 2.17. The van der Waals surface area contributed by atoms with Gasteiger partial charge in [-0.15, -0.1) is 0 Å². The number of furan rings is 1. The largest absolute Gasteiger partial charge is 0.467 e. The number of hydrogen-bond acceptors (Lipinski definition) is 4. The molecule has 0 spiro atoms. The van der Waals surface area contributed by atoms with Crippen LogP contribution in [0.5, 0.6) is 0 Å². The van der Waals surface area contributed by atoms with Crippen molar-refractivity contribution in [3.63, 3.8) is 0 Å². The Labute approximate surface area is 111 Å². The molecule has 5 nitrogen and oxygen atoms in total. The predicted molar refractivity (Wildman–Crippen MR) is 71.2 cm³/mol. The van der Waals surface area contributed by atoms with Gasteiger partial charge in [-0.25, -0.2) is 0 Å². The number of pyridine rings is 1. The molecular formula is C14H17N3O2. The summed E-state index contributed by atoms with van der Waals surface area (Å²) in [5.41, 5.74) is 6.70. The van der Waals surface area contributed by atoms with E-state index in [1.807, 2.05) is 18.2 Å². The van der Waals surface area contributed by atoms with E-state index in [9.17, 15) is 4.79 Å². The van der Waals surface area contributed by atoms with E-state index in [1.165, 1.54) is 0 Å². The summed E-state index contributed by atoms with van der Waals surface area (Å²) in [5, 5.41) is 2.81. The highest BCUT2D eigenvalue weighted by Gasteiger charge is 2.14. The van der Waals surface area contributed by atoms with Crippen LogP contribution in [0.3, 0.4) is 0 Å². The second-order valence-corrected chi connectivity index (χ2v) is 4.28. The van der Waals surface area contributed by atoms with Crippen molar-refractivity contribution in [1.82, 2.24) is 10.3 Å². The predicted octanol–water partition coefficient (Wildman–Crippen LogP) is 1.42. The standard InChI is InChI=1S/C14H17N3O2/c15-8-12(11-3-1-5-16-9-11)7-14(18)17-10-13-4-2-6-19-13/h1-6,9,12H,7-8,10,15H2,(H,17,18). The van der Waals surface area contributed by atoms with E-state index in [1.54, 1.807) is 24.7 Å². The van der Waals surface area contributed by atoms with Crippen LogP contribution in [0.15, 0.2) is 47.3 Å². The lowest BCUT2D eigenvalue weighted by molar-refractivity contribution is -0.121. The molecule has 5 heteroatoms. The molecule has 3 N–H and O–H groups in total. The van der Waals surface area contributed by atoms with Crippen molar-refractivity contribution < 1.29 is 9.21 Å². The molecule has 0 fully saturated rings. The molecule has 0 bridgehead atoms. The van der Waals surface area contributed by atoms with Gasteiger partial charge < -0.3 is 15.5 Å². The minimum Gasteiger partial charge on any atom is -0.467 e. The maximum absolute atomic E-state index is 11.9. The summed E-state index contributed by atoms with van der Waals surface area (Å²) < 4.78 is 5.15. The summed E-state index contributed by atoms with van der Waals surface area (Å²) in [7, 11) is 0. The first-order chi connectivity index (χ1) is 9.29. The molecule has 0 aliphatic carbocycles. The van der Waals surface area contributed by atoms with Crippen molar-refractivity contribution >= 4 is 5.91 Å². The fourth-order valence-electron chi connectivity index (χ4n) is 1.85. The molecule has 19 heavy (non-hydrogen) atoms. The third-order valence-electron chi connectivity index (χ3n) is 2.91. The Kier molecular flexibility index (Phi) is 4.69.